The van der Waals surface area contributed by atoms with E-state index in [2.05, 4.69) is 346 Å². The van der Waals surface area contributed by atoms with Gasteiger partial charge in [0, 0.05) is 106 Å². The minimum Gasteiger partial charge on any atom is -0.309 e. The van der Waals surface area contributed by atoms with Crippen molar-refractivity contribution in [1.82, 2.24) is 18.3 Å². The molecule has 0 fully saturated rings. The lowest BCUT2D eigenvalue weighted by atomic mass is 9.99. The second-order valence-corrected chi connectivity index (χ2v) is 27.6. The van der Waals surface area contributed by atoms with Crippen LogP contribution < -0.4 is 0 Å². The van der Waals surface area contributed by atoms with Gasteiger partial charge in [-0.3, -0.25) is 0 Å². The zero-order valence-electron chi connectivity index (χ0n) is 51.8. The van der Waals surface area contributed by atoms with Gasteiger partial charge in [0.1, 0.15) is 0 Å². The van der Waals surface area contributed by atoms with E-state index in [0.29, 0.717) is 0 Å². The third kappa shape index (κ3) is 7.88. The van der Waals surface area contributed by atoms with Crippen LogP contribution in [0, 0.1) is 0 Å². The van der Waals surface area contributed by atoms with E-state index in [1.807, 2.05) is 22.7 Å². The minimum atomic E-state index is 1.13. The highest BCUT2D eigenvalue weighted by molar-refractivity contribution is 7.26. The molecule has 0 spiro atoms. The van der Waals surface area contributed by atoms with Gasteiger partial charge >= 0.3 is 0 Å². The second kappa shape index (κ2) is 20.7. The van der Waals surface area contributed by atoms with Crippen molar-refractivity contribution in [3.8, 4) is 67.3 Å². The zero-order valence-corrected chi connectivity index (χ0v) is 53.4. The van der Waals surface area contributed by atoms with Crippen LogP contribution in [0.15, 0.2) is 328 Å². The standard InChI is InChI=1S/C90H54N4S2/c1-7-22-76-67(14-1)68-15-2-8-23-77(68)91(76)62-41-32-57(33-42-62)55-28-30-56(31-29-55)58-36-45-64(46-37-58)93-81-51-53-84-87(74-19-6-12-27-83(74)95-84)86(81)73-49-40-61(54-82(73)93)66-20-13-21-75-88-85(96-90(66)75)52-50-72-71-18-5-11-26-80(71)94(89(72)88)65-47-38-60(39-48-65)59-34-43-63(44-35-59)92-78-24-9-3-16-69(78)70-17-4-10-25-79(70)92/h1-54H. The van der Waals surface area contributed by atoms with Gasteiger partial charge in [-0.25, -0.2) is 0 Å². The molecule has 0 aliphatic heterocycles. The lowest BCUT2D eigenvalue weighted by Crippen LogP contribution is -1.95. The molecule has 0 atom stereocenters. The molecule has 96 heavy (non-hydrogen) atoms. The van der Waals surface area contributed by atoms with E-state index in [9.17, 15) is 0 Å². The average Bonchev–Trinajstić information content (AvgIpc) is 1.59. The summed E-state index contributed by atoms with van der Waals surface area (Å²) in [5.41, 5.74) is 23.8. The summed E-state index contributed by atoms with van der Waals surface area (Å²) in [5, 5.41) is 15.3. The van der Waals surface area contributed by atoms with Gasteiger partial charge in [0.2, 0.25) is 0 Å². The predicted octanol–water partition coefficient (Wildman–Crippen LogP) is 25.5. The summed E-state index contributed by atoms with van der Waals surface area (Å²) in [6.45, 7) is 0. The van der Waals surface area contributed by atoms with E-state index in [0.717, 1.165) is 22.7 Å². The number of hydrogen-bond acceptors (Lipinski definition) is 2. The highest BCUT2D eigenvalue weighted by atomic mass is 32.1. The molecule has 15 aromatic carbocycles. The smallest absolute Gasteiger partial charge is 0.0634 e. The number of rotatable bonds is 8. The van der Waals surface area contributed by atoms with Crippen LogP contribution in [-0.4, -0.2) is 18.3 Å². The topological polar surface area (TPSA) is 19.7 Å². The van der Waals surface area contributed by atoms with Crippen LogP contribution in [0.2, 0.25) is 0 Å². The summed E-state index contributed by atoms with van der Waals surface area (Å²) >= 11 is 3.79. The summed E-state index contributed by atoms with van der Waals surface area (Å²) < 4.78 is 15.0. The Kier molecular flexibility index (Phi) is 11.5. The molecule has 6 heterocycles. The van der Waals surface area contributed by atoms with Crippen LogP contribution >= 0.6 is 22.7 Å². The Morgan fingerprint density at radius 1 is 0.188 bits per heavy atom. The molecule has 0 bridgehead atoms. The number of benzene rings is 15. The lowest BCUT2D eigenvalue weighted by molar-refractivity contribution is 1.18. The number of thiophene rings is 2. The summed E-state index contributed by atoms with van der Waals surface area (Å²) in [6, 6.07) is 122. The molecule has 0 aliphatic rings. The van der Waals surface area contributed by atoms with Crippen LogP contribution in [0.1, 0.15) is 0 Å². The molecule has 0 saturated heterocycles. The predicted molar refractivity (Wildman–Crippen MR) is 411 cm³/mol. The molecule has 6 heteroatoms. The summed E-state index contributed by atoms with van der Waals surface area (Å²) in [7, 11) is 0. The van der Waals surface area contributed by atoms with Crippen molar-refractivity contribution >= 4 is 150 Å². The molecule has 6 aromatic heterocycles. The van der Waals surface area contributed by atoms with E-state index in [1.165, 1.54) is 172 Å². The van der Waals surface area contributed by atoms with Gasteiger partial charge in [-0.2, -0.15) is 0 Å². The quantitative estimate of drug-likeness (QED) is 0.144. The number of fused-ring (bicyclic) bond motifs is 20. The van der Waals surface area contributed by atoms with Gasteiger partial charge in [-0.1, -0.05) is 218 Å². The summed E-state index contributed by atoms with van der Waals surface area (Å²) in [4.78, 5) is 0. The SMILES string of the molecule is c1ccc2c(c1)sc1ccc3c(c4ccc(-c5cccc6c5sc5ccc7c8ccccc8n(-c8ccc(-c9ccc(-n%10c%11ccccc%11c%11ccccc%11%10)cc9)cc8)c7c56)cc4n3-c3ccc(-c4ccc(-c5ccc(-n6c7ccccc7c7ccccc76)cc5)cc4)cc3)c12. The molecule has 21 rings (SSSR count). The lowest BCUT2D eigenvalue weighted by Gasteiger charge is -2.12. The molecular weight excluding hydrogens is 1200 g/mol. The van der Waals surface area contributed by atoms with E-state index in [-0.39, 0.29) is 0 Å². The van der Waals surface area contributed by atoms with Crippen molar-refractivity contribution in [1.29, 1.82) is 0 Å². The van der Waals surface area contributed by atoms with Crippen molar-refractivity contribution in [3.63, 3.8) is 0 Å². The Balaban J connectivity index is 0.650. The molecule has 0 saturated carbocycles. The van der Waals surface area contributed by atoms with Gasteiger partial charge in [-0.05, 0) is 154 Å². The molecule has 446 valence electrons. The van der Waals surface area contributed by atoms with Gasteiger partial charge < -0.3 is 18.3 Å². The van der Waals surface area contributed by atoms with Crippen LogP contribution in [0.4, 0.5) is 0 Å². The van der Waals surface area contributed by atoms with Gasteiger partial charge in [0.15, 0.2) is 0 Å². The first-order chi connectivity index (χ1) is 47.6. The van der Waals surface area contributed by atoms with Crippen molar-refractivity contribution in [2.75, 3.05) is 0 Å². The molecule has 0 unspecified atom stereocenters. The summed E-state index contributed by atoms with van der Waals surface area (Å²) in [5.74, 6) is 0. The monoisotopic (exact) mass is 1250 g/mol. The van der Waals surface area contributed by atoms with Gasteiger partial charge in [0.25, 0.3) is 0 Å². The Morgan fingerprint density at radius 2 is 0.552 bits per heavy atom. The molecule has 0 amide bonds. The summed E-state index contributed by atoms with van der Waals surface area (Å²) in [6.07, 6.45) is 0. The molecule has 0 N–H and O–H groups in total. The Bertz CT molecular complexity index is 6660. The largest absolute Gasteiger partial charge is 0.309 e. The van der Waals surface area contributed by atoms with Crippen molar-refractivity contribution in [3.05, 3.63) is 328 Å². The highest BCUT2D eigenvalue weighted by Gasteiger charge is 2.23. The molecule has 4 nitrogen and oxygen atoms in total. The van der Waals surface area contributed by atoms with E-state index >= 15 is 0 Å². The van der Waals surface area contributed by atoms with Crippen LogP contribution in [0.3, 0.4) is 0 Å². The van der Waals surface area contributed by atoms with Gasteiger partial charge in [-0.15, -0.1) is 22.7 Å². The highest BCUT2D eigenvalue weighted by Crippen LogP contribution is 2.49. The third-order valence-corrected chi connectivity index (χ3v) is 22.8. The third-order valence-electron chi connectivity index (χ3n) is 20.4. The maximum absolute atomic E-state index is 2.51. The number of nitrogens with zero attached hydrogens (tertiary/aromatic N) is 4. The van der Waals surface area contributed by atoms with Crippen molar-refractivity contribution < 1.29 is 0 Å². The van der Waals surface area contributed by atoms with E-state index in [1.54, 1.807) is 0 Å². The van der Waals surface area contributed by atoms with Crippen molar-refractivity contribution in [2.45, 2.75) is 0 Å². The van der Waals surface area contributed by atoms with Crippen molar-refractivity contribution in [2.24, 2.45) is 0 Å². The minimum absolute atomic E-state index is 1.13. The Morgan fingerprint density at radius 3 is 1.05 bits per heavy atom. The van der Waals surface area contributed by atoms with E-state index in [4.69, 9.17) is 0 Å². The number of aromatic nitrogens is 4. The zero-order chi connectivity index (χ0) is 62.7. The van der Waals surface area contributed by atoms with Gasteiger partial charge in [0.05, 0.1) is 44.1 Å². The normalized spacial score (nSPS) is 12.2. The van der Waals surface area contributed by atoms with Crippen LogP contribution in [0.5, 0.6) is 0 Å². The first-order valence-electron chi connectivity index (χ1n) is 32.9. The maximum Gasteiger partial charge on any atom is 0.0634 e. The molecule has 21 aromatic rings. The van der Waals surface area contributed by atoms with Crippen LogP contribution in [-0.2, 0) is 0 Å². The first-order valence-corrected chi connectivity index (χ1v) is 34.5. The number of para-hydroxylation sites is 5. The molecule has 0 aliphatic carbocycles. The first kappa shape index (κ1) is 53.4. The Hall–Kier alpha value is -12.1. The maximum atomic E-state index is 2.51. The molecular formula is C90H54N4S2. The average molecular weight is 1260 g/mol. The second-order valence-electron chi connectivity index (χ2n) is 25.5. The molecule has 0 radical (unpaired) electrons. The Labute approximate surface area is 559 Å². The number of hydrogen-bond donors (Lipinski definition) is 0. The fourth-order valence-corrected chi connectivity index (χ4v) is 18.4. The fraction of sp³-hybridized carbons (Fsp3) is 0. The van der Waals surface area contributed by atoms with Crippen LogP contribution in [0.25, 0.3) is 195 Å². The fourth-order valence-electron chi connectivity index (χ4n) is 16.1. The van der Waals surface area contributed by atoms with E-state index < -0.39 is 0 Å².